The van der Waals surface area contributed by atoms with Gasteiger partial charge in [-0.1, -0.05) is 38.2 Å². The van der Waals surface area contributed by atoms with E-state index in [1.54, 1.807) is 0 Å². The number of Topliss-reactive ketones (excluding diaryl/α,β-unsaturated/α-hetero) is 2. The zero-order chi connectivity index (χ0) is 16.6. The third-order valence-electron chi connectivity index (χ3n) is 2.82. The Morgan fingerprint density at radius 3 is 2.14 bits per heavy atom. The third kappa shape index (κ3) is 7.45. The maximum absolute atomic E-state index is 12.1. The maximum atomic E-state index is 12.1. The zero-order valence-corrected chi connectivity index (χ0v) is 14.0. The van der Waals surface area contributed by atoms with E-state index >= 15 is 0 Å². The fraction of sp³-hybridized carbons (Fsp3) is 0.444. The van der Waals surface area contributed by atoms with Crippen LogP contribution in [0.2, 0.25) is 0 Å². The Balaban J connectivity index is 5.20. The minimum absolute atomic E-state index is 0.123. The first kappa shape index (κ1) is 19.1. The fourth-order valence-electron chi connectivity index (χ4n) is 1.88. The minimum Gasteiger partial charge on any atom is -0.361 e. The van der Waals surface area contributed by atoms with Crippen molar-refractivity contribution in [2.75, 3.05) is 0 Å². The van der Waals surface area contributed by atoms with E-state index in [0.717, 1.165) is 16.8 Å². The molecule has 1 N–H and O–H groups in total. The molecule has 0 atom stereocenters. The Labute approximate surface area is 128 Å². The molecule has 0 unspecified atom stereocenters. The molecule has 0 aromatic rings. The molecule has 0 aliphatic carbocycles. The molecular formula is C18H27NO2. The van der Waals surface area contributed by atoms with Gasteiger partial charge in [-0.25, -0.2) is 0 Å². The molecule has 0 aromatic heterocycles. The second kappa shape index (κ2) is 9.11. The van der Waals surface area contributed by atoms with Gasteiger partial charge in [-0.15, -0.1) is 0 Å². The minimum atomic E-state index is -0.217. The summed E-state index contributed by atoms with van der Waals surface area (Å²) in [6.45, 7) is 14.9. The standard InChI is InChI=1S/C18H27NO2/c1-8-17(14(6)9-12(2)3)19-11-16(15(7)20)18(21)10-13(4)5/h8-9,11,13,19H,2,10H2,1,3-7H3/b14-9-,16-11-,17-8+. The van der Waals surface area contributed by atoms with E-state index in [0.29, 0.717) is 6.42 Å². The van der Waals surface area contributed by atoms with Crippen molar-refractivity contribution in [3.8, 4) is 0 Å². The smallest absolute Gasteiger partial charge is 0.168 e. The van der Waals surface area contributed by atoms with Gasteiger partial charge in [0.2, 0.25) is 0 Å². The summed E-state index contributed by atoms with van der Waals surface area (Å²) in [5.41, 5.74) is 3.01. The lowest BCUT2D eigenvalue weighted by atomic mass is 9.99. The Hall–Kier alpha value is -1.90. The average Bonchev–Trinajstić information content (AvgIpc) is 2.31. The highest BCUT2D eigenvalue weighted by Gasteiger charge is 2.15. The van der Waals surface area contributed by atoms with E-state index in [-0.39, 0.29) is 23.1 Å². The van der Waals surface area contributed by atoms with Gasteiger partial charge in [-0.2, -0.15) is 0 Å². The van der Waals surface area contributed by atoms with Crippen molar-refractivity contribution >= 4 is 11.6 Å². The van der Waals surface area contributed by atoms with Gasteiger partial charge in [0.05, 0.1) is 5.57 Å². The van der Waals surface area contributed by atoms with Crippen molar-refractivity contribution in [3.05, 3.63) is 47.3 Å². The van der Waals surface area contributed by atoms with Crippen LogP contribution in [0.1, 0.15) is 48.0 Å². The molecule has 3 nitrogen and oxygen atoms in total. The van der Waals surface area contributed by atoms with E-state index in [2.05, 4.69) is 11.9 Å². The lowest BCUT2D eigenvalue weighted by Crippen LogP contribution is -2.17. The molecule has 0 amide bonds. The predicted octanol–water partition coefficient (Wildman–Crippen LogP) is 4.09. The van der Waals surface area contributed by atoms with Gasteiger partial charge in [-0.05, 0) is 39.2 Å². The maximum Gasteiger partial charge on any atom is 0.168 e. The molecule has 0 aliphatic rings. The second-order valence-corrected chi connectivity index (χ2v) is 5.66. The van der Waals surface area contributed by atoms with Crippen LogP contribution in [0.4, 0.5) is 0 Å². The summed E-state index contributed by atoms with van der Waals surface area (Å²) >= 11 is 0. The largest absolute Gasteiger partial charge is 0.361 e. The summed E-state index contributed by atoms with van der Waals surface area (Å²) in [7, 11) is 0. The average molecular weight is 289 g/mol. The molecule has 0 spiro atoms. The van der Waals surface area contributed by atoms with Crippen LogP contribution in [0.3, 0.4) is 0 Å². The van der Waals surface area contributed by atoms with Crippen LogP contribution >= 0.6 is 0 Å². The normalized spacial score (nSPS) is 13.4. The lowest BCUT2D eigenvalue weighted by molar-refractivity contribution is -0.120. The summed E-state index contributed by atoms with van der Waals surface area (Å²) < 4.78 is 0. The van der Waals surface area contributed by atoms with E-state index in [1.165, 1.54) is 13.1 Å². The highest BCUT2D eigenvalue weighted by atomic mass is 16.1. The first-order chi connectivity index (χ1) is 9.68. The molecule has 0 heterocycles. The molecule has 0 aromatic carbocycles. The molecule has 21 heavy (non-hydrogen) atoms. The number of nitrogens with one attached hydrogen (secondary N) is 1. The second-order valence-electron chi connectivity index (χ2n) is 5.66. The van der Waals surface area contributed by atoms with Gasteiger partial charge in [-0.3, -0.25) is 9.59 Å². The zero-order valence-electron chi connectivity index (χ0n) is 14.0. The number of hydrogen-bond donors (Lipinski definition) is 1. The molecule has 0 saturated heterocycles. The summed E-state index contributed by atoms with van der Waals surface area (Å²) in [6, 6.07) is 0. The van der Waals surface area contributed by atoms with Crippen molar-refractivity contribution in [2.45, 2.75) is 48.0 Å². The van der Waals surface area contributed by atoms with E-state index < -0.39 is 0 Å². The van der Waals surface area contributed by atoms with E-state index in [1.807, 2.05) is 46.8 Å². The Bertz CT molecular complexity index is 505. The van der Waals surface area contributed by atoms with Crippen LogP contribution in [-0.4, -0.2) is 11.6 Å². The Morgan fingerprint density at radius 2 is 1.76 bits per heavy atom. The molecule has 116 valence electrons. The molecular weight excluding hydrogens is 262 g/mol. The van der Waals surface area contributed by atoms with Gasteiger partial charge in [0.1, 0.15) is 0 Å². The SMILES string of the molecule is C=C(C)/C=C(C)\C(=C/C)N/C=C(/C(C)=O)C(=O)CC(C)C. The predicted molar refractivity (Wildman–Crippen MR) is 88.7 cm³/mol. The van der Waals surface area contributed by atoms with Gasteiger partial charge < -0.3 is 5.32 Å². The summed E-state index contributed by atoms with van der Waals surface area (Å²) in [4.78, 5) is 23.7. The van der Waals surface area contributed by atoms with Gasteiger partial charge in [0.25, 0.3) is 0 Å². The van der Waals surface area contributed by atoms with Gasteiger partial charge in [0, 0.05) is 18.3 Å². The molecule has 0 aliphatic heterocycles. The molecule has 0 rings (SSSR count). The number of allylic oxidation sites excluding steroid dienone is 5. The van der Waals surface area contributed by atoms with Crippen molar-refractivity contribution < 1.29 is 9.59 Å². The van der Waals surface area contributed by atoms with Crippen LogP contribution in [0.15, 0.2) is 47.3 Å². The van der Waals surface area contributed by atoms with Crippen LogP contribution in [0, 0.1) is 5.92 Å². The van der Waals surface area contributed by atoms with E-state index in [4.69, 9.17) is 0 Å². The Kier molecular flexibility index (Phi) is 8.29. The fourth-order valence-corrected chi connectivity index (χ4v) is 1.88. The van der Waals surface area contributed by atoms with Crippen LogP contribution in [-0.2, 0) is 9.59 Å². The number of carbonyl (C=O) groups excluding carboxylic acids is 2. The summed E-state index contributed by atoms with van der Waals surface area (Å²) in [5.74, 6) is -0.112. The molecule has 0 saturated carbocycles. The quantitative estimate of drug-likeness (QED) is 0.317. The molecule has 0 fully saturated rings. The number of hydrogen-bond acceptors (Lipinski definition) is 3. The lowest BCUT2D eigenvalue weighted by Gasteiger charge is -2.10. The highest BCUT2D eigenvalue weighted by molar-refractivity contribution is 6.19. The number of rotatable bonds is 8. The van der Waals surface area contributed by atoms with E-state index in [9.17, 15) is 9.59 Å². The summed E-state index contributed by atoms with van der Waals surface area (Å²) in [5, 5.41) is 3.06. The highest BCUT2D eigenvalue weighted by Crippen LogP contribution is 2.11. The van der Waals surface area contributed by atoms with Crippen LogP contribution in [0.5, 0.6) is 0 Å². The number of ketones is 2. The van der Waals surface area contributed by atoms with Gasteiger partial charge >= 0.3 is 0 Å². The van der Waals surface area contributed by atoms with Crippen molar-refractivity contribution in [3.63, 3.8) is 0 Å². The van der Waals surface area contributed by atoms with Crippen LogP contribution < -0.4 is 5.32 Å². The van der Waals surface area contributed by atoms with Crippen LogP contribution in [0.25, 0.3) is 0 Å². The first-order valence-electron chi connectivity index (χ1n) is 7.20. The molecule has 3 heteroatoms. The summed E-state index contributed by atoms with van der Waals surface area (Å²) in [6.07, 6.45) is 5.73. The molecule has 0 radical (unpaired) electrons. The van der Waals surface area contributed by atoms with Crippen molar-refractivity contribution in [2.24, 2.45) is 5.92 Å². The Morgan fingerprint density at radius 1 is 1.19 bits per heavy atom. The third-order valence-corrected chi connectivity index (χ3v) is 2.82. The van der Waals surface area contributed by atoms with Gasteiger partial charge in [0.15, 0.2) is 11.6 Å². The number of carbonyl (C=O) groups is 2. The van der Waals surface area contributed by atoms with Crippen molar-refractivity contribution in [1.29, 1.82) is 0 Å². The first-order valence-corrected chi connectivity index (χ1v) is 7.20. The monoisotopic (exact) mass is 289 g/mol. The van der Waals surface area contributed by atoms with Crippen molar-refractivity contribution in [1.82, 2.24) is 5.32 Å². The molecule has 0 bridgehead atoms. The topological polar surface area (TPSA) is 46.2 Å².